The van der Waals surface area contributed by atoms with Gasteiger partial charge in [0.2, 0.25) is 15.9 Å². The number of ether oxygens (including phenoxy) is 1. The van der Waals surface area contributed by atoms with Crippen LogP contribution in [0.3, 0.4) is 0 Å². The minimum atomic E-state index is -3.52. The molecule has 0 aromatic carbocycles. The van der Waals surface area contributed by atoms with E-state index in [1.165, 1.54) is 18.4 Å². The van der Waals surface area contributed by atoms with Crippen molar-refractivity contribution in [1.82, 2.24) is 9.71 Å². The molecule has 8 heteroatoms. The summed E-state index contributed by atoms with van der Waals surface area (Å²) in [6.07, 6.45) is 1.58. The number of halogens is 1. The largest absolute Gasteiger partial charge is 0.481 e. The smallest absolute Gasteiger partial charge is 0.242 e. The van der Waals surface area contributed by atoms with Gasteiger partial charge in [0.15, 0.2) is 0 Å². The summed E-state index contributed by atoms with van der Waals surface area (Å²) in [5.41, 5.74) is 0.785. The van der Waals surface area contributed by atoms with E-state index in [2.05, 4.69) is 25.6 Å². The van der Waals surface area contributed by atoms with Gasteiger partial charge in [0.05, 0.1) is 15.8 Å². The van der Waals surface area contributed by atoms with Gasteiger partial charge in [-0.05, 0) is 40.5 Å². The van der Waals surface area contributed by atoms with Crippen LogP contribution in [0.5, 0.6) is 5.88 Å². The summed E-state index contributed by atoms with van der Waals surface area (Å²) < 4.78 is 32.8. The van der Waals surface area contributed by atoms with Crippen LogP contribution in [-0.2, 0) is 16.6 Å². The average molecular weight is 377 g/mol. The second-order valence-electron chi connectivity index (χ2n) is 4.00. The third-order valence-electron chi connectivity index (χ3n) is 2.61. The van der Waals surface area contributed by atoms with Gasteiger partial charge in [-0.3, -0.25) is 0 Å². The van der Waals surface area contributed by atoms with Crippen molar-refractivity contribution < 1.29 is 13.2 Å². The van der Waals surface area contributed by atoms with Gasteiger partial charge >= 0.3 is 0 Å². The Balaban J connectivity index is 2.15. The van der Waals surface area contributed by atoms with Crippen LogP contribution in [0.2, 0.25) is 0 Å². The van der Waals surface area contributed by atoms with Gasteiger partial charge in [-0.2, -0.15) is 0 Å². The van der Waals surface area contributed by atoms with Crippen molar-refractivity contribution in [3.63, 3.8) is 0 Å². The van der Waals surface area contributed by atoms with Gasteiger partial charge in [0, 0.05) is 23.7 Å². The van der Waals surface area contributed by atoms with Crippen molar-refractivity contribution in [1.29, 1.82) is 0 Å². The Morgan fingerprint density at radius 2 is 2.20 bits per heavy atom. The lowest BCUT2D eigenvalue weighted by molar-refractivity contribution is 0.397. The van der Waals surface area contributed by atoms with E-state index in [0.29, 0.717) is 10.8 Å². The molecule has 0 unspecified atom stereocenters. The lowest BCUT2D eigenvalue weighted by Crippen LogP contribution is -2.23. The summed E-state index contributed by atoms with van der Waals surface area (Å²) in [6, 6.07) is 5.04. The Bertz CT molecular complexity index is 713. The lowest BCUT2D eigenvalue weighted by Gasteiger charge is -2.07. The number of rotatable bonds is 5. The number of aromatic nitrogens is 1. The van der Waals surface area contributed by atoms with Gasteiger partial charge in [-0.1, -0.05) is 0 Å². The van der Waals surface area contributed by atoms with Crippen LogP contribution in [0.25, 0.3) is 0 Å². The molecule has 0 atom stereocenters. The van der Waals surface area contributed by atoms with Crippen molar-refractivity contribution in [2.45, 2.75) is 18.4 Å². The van der Waals surface area contributed by atoms with Crippen LogP contribution in [0.1, 0.15) is 10.4 Å². The zero-order valence-electron chi connectivity index (χ0n) is 10.9. The fraction of sp³-hybridized carbons (Fsp3) is 0.250. The molecule has 2 aromatic heterocycles. The third-order valence-corrected chi connectivity index (χ3v) is 5.82. The number of nitrogens with zero attached hydrogens (tertiary/aromatic N) is 1. The number of sulfonamides is 1. The Morgan fingerprint density at radius 3 is 2.80 bits per heavy atom. The highest BCUT2D eigenvalue weighted by Crippen LogP contribution is 2.29. The Hall–Kier alpha value is -0.960. The van der Waals surface area contributed by atoms with Crippen molar-refractivity contribution in [3.05, 3.63) is 38.6 Å². The number of nitrogens with one attached hydrogen (secondary N) is 1. The topological polar surface area (TPSA) is 68.3 Å². The van der Waals surface area contributed by atoms with Gasteiger partial charge in [-0.25, -0.2) is 18.1 Å². The number of methoxy groups -OCH3 is 1. The maximum Gasteiger partial charge on any atom is 0.242 e. The van der Waals surface area contributed by atoms with Crippen LogP contribution in [0.4, 0.5) is 0 Å². The SMILES string of the molecule is COc1cc(CNS(=O)(=O)c2cc(Br)sc2C)ccn1. The Morgan fingerprint density at radius 1 is 1.45 bits per heavy atom. The fourth-order valence-electron chi connectivity index (χ4n) is 1.63. The molecule has 0 aliphatic rings. The van der Waals surface area contributed by atoms with Crippen molar-refractivity contribution >= 4 is 37.3 Å². The predicted molar refractivity (Wildman–Crippen MR) is 81.6 cm³/mol. The first-order valence-electron chi connectivity index (χ1n) is 5.67. The van der Waals surface area contributed by atoms with E-state index in [0.717, 1.165) is 14.2 Å². The molecule has 2 aromatic rings. The summed E-state index contributed by atoms with van der Waals surface area (Å²) in [5.74, 6) is 0.455. The summed E-state index contributed by atoms with van der Waals surface area (Å²) in [7, 11) is -2.00. The highest BCUT2D eigenvalue weighted by Gasteiger charge is 2.19. The van der Waals surface area contributed by atoms with Gasteiger partial charge in [-0.15, -0.1) is 11.3 Å². The molecular weight excluding hydrogens is 364 g/mol. The molecule has 20 heavy (non-hydrogen) atoms. The molecule has 0 aliphatic heterocycles. The lowest BCUT2D eigenvalue weighted by atomic mass is 10.3. The van der Waals surface area contributed by atoms with E-state index in [-0.39, 0.29) is 6.54 Å². The monoisotopic (exact) mass is 376 g/mol. The zero-order chi connectivity index (χ0) is 14.8. The predicted octanol–water partition coefficient (Wildman–Crippen LogP) is 2.70. The second-order valence-corrected chi connectivity index (χ2v) is 8.37. The van der Waals surface area contributed by atoms with Crippen LogP contribution < -0.4 is 9.46 Å². The molecule has 2 heterocycles. The maximum absolute atomic E-state index is 12.2. The first-order chi connectivity index (χ1) is 9.42. The zero-order valence-corrected chi connectivity index (χ0v) is 14.1. The quantitative estimate of drug-likeness (QED) is 0.870. The number of hydrogen-bond acceptors (Lipinski definition) is 5. The minimum absolute atomic E-state index is 0.189. The van der Waals surface area contributed by atoms with E-state index in [1.54, 1.807) is 31.3 Å². The van der Waals surface area contributed by atoms with E-state index in [9.17, 15) is 8.42 Å². The molecule has 0 aliphatic carbocycles. The normalized spacial score (nSPS) is 11.6. The van der Waals surface area contributed by atoms with Gasteiger partial charge < -0.3 is 4.74 Å². The van der Waals surface area contributed by atoms with Crippen molar-refractivity contribution in [3.8, 4) is 5.88 Å². The van der Waals surface area contributed by atoms with Crippen LogP contribution in [-0.4, -0.2) is 20.5 Å². The number of thiophene rings is 1. The van der Waals surface area contributed by atoms with Crippen LogP contribution >= 0.6 is 27.3 Å². The van der Waals surface area contributed by atoms with Gasteiger partial charge in [0.25, 0.3) is 0 Å². The number of aryl methyl sites for hydroxylation is 1. The first kappa shape index (κ1) is 15.4. The van der Waals surface area contributed by atoms with Crippen molar-refractivity contribution in [2.24, 2.45) is 0 Å². The molecule has 0 amide bonds. The molecule has 0 radical (unpaired) electrons. The summed E-state index contributed by atoms with van der Waals surface area (Å²) in [6.45, 7) is 1.97. The molecule has 0 saturated carbocycles. The van der Waals surface area contributed by atoms with Gasteiger partial charge in [0.1, 0.15) is 0 Å². The van der Waals surface area contributed by atoms with E-state index in [1.807, 2.05) is 0 Å². The number of hydrogen-bond donors (Lipinski definition) is 1. The summed E-state index contributed by atoms with van der Waals surface area (Å²) in [4.78, 5) is 5.02. The highest BCUT2D eigenvalue weighted by atomic mass is 79.9. The molecule has 5 nitrogen and oxygen atoms in total. The molecule has 0 fully saturated rings. The second kappa shape index (κ2) is 6.21. The van der Waals surface area contributed by atoms with E-state index < -0.39 is 10.0 Å². The maximum atomic E-state index is 12.2. The first-order valence-corrected chi connectivity index (χ1v) is 8.76. The molecule has 0 bridgehead atoms. The molecule has 0 saturated heterocycles. The molecule has 2 rings (SSSR count). The van der Waals surface area contributed by atoms with E-state index in [4.69, 9.17) is 4.74 Å². The minimum Gasteiger partial charge on any atom is -0.481 e. The highest BCUT2D eigenvalue weighted by molar-refractivity contribution is 9.11. The Labute approximate surface area is 130 Å². The molecule has 108 valence electrons. The Kier molecular flexibility index (Phi) is 4.79. The molecule has 1 N–H and O–H groups in total. The molecule has 0 spiro atoms. The van der Waals surface area contributed by atoms with E-state index >= 15 is 0 Å². The van der Waals surface area contributed by atoms with Crippen LogP contribution in [0.15, 0.2) is 33.1 Å². The number of pyridine rings is 1. The fourth-order valence-corrected chi connectivity index (χ4v) is 5.06. The summed E-state index contributed by atoms with van der Waals surface area (Å²) in [5, 5.41) is 0. The standard InChI is InChI=1S/C12H13BrN2O3S2/c1-8-10(6-11(13)19-8)20(16,17)15-7-9-3-4-14-12(5-9)18-2/h3-6,15H,7H2,1-2H3. The summed E-state index contributed by atoms with van der Waals surface area (Å²) >= 11 is 4.68. The van der Waals surface area contributed by atoms with Crippen LogP contribution in [0, 0.1) is 6.92 Å². The molecular formula is C12H13BrN2O3S2. The van der Waals surface area contributed by atoms with Crippen molar-refractivity contribution in [2.75, 3.05) is 7.11 Å². The third kappa shape index (κ3) is 3.57. The average Bonchev–Trinajstić information content (AvgIpc) is 2.77.